The third-order valence-electron chi connectivity index (χ3n) is 0.874. The van der Waals surface area contributed by atoms with Gasteiger partial charge in [-0.25, -0.2) is 0 Å². The minimum atomic E-state index is 0.0556. The van der Waals surface area contributed by atoms with E-state index in [9.17, 15) is 0 Å². The van der Waals surface area contributed by atoms with Gasteiger partial charge in [0.05, 0.1) is 18.5 Å². The highest BCUT2D eigenvalue weighted by Crippen LogP contribution is 1.97. The Kier molecular flexibility index (Phi) is 1.25. The number of nitrogens with one attached hydrogen (secondary N) is 2. The number of nitriles is 1. The Bertz CT molecular complexity index is 87.6. The molecule has 3 heteroatoms. The summed E-state index contributed by atoms with van der Waals surface area (Å²) in [6.45, 7) is 2.47. The van der Waals surface area contributed by atoms with Gasteiger partial charge in [0.1, 0.15) is 0 Å². The molecule has 0 aromatic carbocycles. The van der Waals surface area contributed by atoms with Gasteiger partial charge in [0.2, 0.25) is 0 Å². The molecule has 0 amide bonds. The Morgan fingerprint density at radius 1 is 1.86 bits per heavy atom. The fourth-order valence-corrected chi connectivity index (χ4v) is 0.470. The first kappa shape index (κ1) is 4.57. The van der Waals surface area contributed by atoms with E-state index >= 15 is 0 Å². The molecule has 1 aliphatic heterocycles. The zero-order chi connectivity index (χ0) is 5.11. The molecular formula is C4H6N3. The predicted molar refractivity (Wildman–Crippen MR) is 24.5 cm³/mol. The van der Waals surface area contributed by atoms with E-state index in [2.05, 4.69) is 16.9 Å². The van der Waals surface area contributed by atoms with Gasteiger partial charge in [-0.3, -0.25) is 10.9 Å². The maximum atomic E-state index is 8.20. The van der Waals surface area contributed by atoms with E-state index in [0.717, 1.165) is 6.54 Å². The average molecular weight is 96.1 g/mol. The number of hydrogen-bond acceptors (Lipinski definition) is 3. The van der Waals surface area contributed by atoms with Gasteiger partial charge in [0.15, 0.2) is 0 Å². The van der Waals surface area contributed by atoms with Crippen LogP contribution in [0.2, 0.25) is 0 Å². The summed E-state index contributed by atoms with van der Waals surface area (Å²) in [5.74, 6) is 0.0556. The van der Waals surface area contributed by atoms with E-state index < -0.39 is 0 Å². The van der Waals surface area contributed by atoms with Gasteiger partial charge in [-0.05, 0) is 0 Å². The molecule has 0 spiro atoms. The smallest absolute Gasteiger partial charge is 0.0784 e. The fourth-order valence-electron chi connectivity index (χ4n) is 0.470. The van der Waals surface area contributed by atoms with Crippen LogP contribution in [0, 0.1) is 23.8 Å². The van der Waals surface area contributed by atoms with Crippen molar-refractivity contribution in [3.8, 4) is 6.07 Å². The standard InChI is InChI=1S/C4H6N3/c5-1-4-2-6-7-3-4/h2,4,6-7H,3H2. The van der Waals surface area contributed by atoms with Crippen LogP contribution in [0.15, 0.2) is 0 Å². The van der Waals surface area contributed by atoms with E-state index in [1.807, 2.05) is 0 Å². The zero-order valence-corrected chi connectivity index (χ0v) is 3.81. The lowest BCUT2D eigenvalue weighted by Crippen LogP contribution is -2.19. The van der Waals surface area contributed by atoms with E-state index in [4.69, 9.17) is 5.26 Å². The predicted octanol–water partition coefficient (Wildman–Crippen LogP) is -0.604. The Morgan fingerprint density at radius 3 is 3.00 bits per heavy atom. The molecule has 7 heavy (non-hydrogen) atoms. The third-order valence-corrected chi connectivity index (χ3v) is 0.874. The lowest BCUT2D eigenvalue weighted by Gasteiger charge is -1.84. The molecule has 1 heterocycles. The van der Waals surface area contributed by atoms with Crippen LogP contribution < -0.4 is 10.9 Å². The van der Waals surface area contributed by atoms with Crippen LogP contribution in [-0.4, -0.2) is 6.54 Å². The highest BCUT2D eigenvalue weighted by atomic mass is 15.4. The summed E-state index contributed by atoms with van der Waals surface area (Å²) in [5.41, 5.74) is 5.52. The fraction of sp³-hybridized carbons (Fsp3) is 0.500. The molecule has 1 saturated heterocycles. The van der Waals surface area contributed by atoms with Crippen LogP contribution in [-0.2, 0) is 0 Å². The SMILES string of the molecule is N#CC1[CH]NNC1. The van der Waals surface area contributed by atoms with Crippen molar-refractivity contribution < 1.29 is 0 Å². The molecule has 37 valence electrons. The Morgan fingerprint density at radius 2 is 2.71 bits per heavy atom. The minimum Gasteiger partial charge on any atom is -0.256 e. The van der Waals surface area contributed by atoms with Crippen LogP contribution in [0.25, 0.3) is 0 Å². The first-order chi connectivity index (χ1) is 3.43. The van der Waals surface area contributed by atoms with Crippen LogP contribution in [0.4, 0.5) is 0 Å². The van der Waals surface area contributed by atoms with Crippen LogP contribution >= 0.6 is 0 Å². The summed E-state index contributed by atoms with van der Waals surface area (Å²) in [6, 6.07) is 2.08. The molecule has 0 saturated carbocycles. The Labute approximate surface area is 42.3 Å². The molecule has 0 bridgehead atoms. The lowest BCUT2D eigenvalue weighted by atomic mass is 10.2. The molecule has 1 radical (unpaired) electrons. The minimum absolute atomic E-state index is 0.0556. The lowest BCUT2D eigenvalue weighted by molar-refractivity contribution is 0.709. The summed E-state index contributed by atoms with van der Waals surface area (Å²) >= 11 is 0. The van der Waals surface area contributed by atoms with Crippen LogP contribution in [0.3, 0.4) is 0 Å². The molecule has 2 N–H and O–H groups in total. The summed E-state index contributed by atoms with van der Waals surface area (Å²) < 4.78 is 0. The van der Waals surface area contributed by atoms with Crippen molar-refractivity contribution in [3.05, 3.63) is 6.54 Å². The molecule has 1 rings (SSSR count). The number of nitrogens with zero attached hydrogens (tertiary/aromatic N) is 1. The number of rotatable bonds is 0. The quantitative estimate of drug-likeness (QED) is 0.423. The third kappa shape index (κ3) is 0.889. The second-order valence-corrected chi connectivity index (χ2v) is 1.43. The van der Waals surface area contributed by atoms with Gasteiger partial charge in [-0.2, -0.15) is 5.26 Å². The van der Waals surface area contributed by atoms with Crippen molar-refractivity contribution in [2.24, 2.45) is 5.92 Å². The van der Waals surface area contributed by atoms with Crippen LogP contribution in [0.5, 0.6) is 0 Å². The van der Waals surface area contributed by atoms with Gasteiger partial charge in [0, 0.05) is 6.54 Å². The van der Waals surface area contributed by atoms with Crippen molar-refractivity contribution in [3.63, 3.8) is 0 Å². The summed E-state index contributed by atoms with van der Waals surface area (Å²) in [7, 11) is 0. The van der Waals surface area contributed by atoms with Gasteiger partial charge < -0.3 is 0 Å². The first-order valence-electron chi connectivity index (χ1n) is 2.15. The second kappa shape index (κ2) is 1.92. The largest absolute Gasteiger partial charge is 0.256 e. The molecule has 0 aromatic rings. The highest BCUT2D eigenvalue weighted by Gasteiger charge is 2.11. The molecule has 1 aliphatic rings. The van der Waals surface area contributed by atoms with Crippen LogP contribution in [0.1, 0.15) is 0 Å². The maximum absolute atomic E-state index is 8.20. The molecule has 1 fully saturated rings. The van der Waals surface area contributed by atoms with E-state index in [1.54, 1.807) is 6.54 Å². The Balaban J connectivity index is 2.31. The van der Waals surface area contributed by atoms with Crippen molar-refractivity contribution in [1.29, 1.82) is 5.26 Å². The normalized spacial score (nSPS) is 22.1. The molecule has 0 aromatic heterocycles. The zero-order valence-electron chi connectivity index (χ0n) is 3.81. The summed E-state index contributed by atoms with van der Waals surface area (Å²) in [5, 5.41) is 8.20. The first-order valence-corrected chi connectivity index (χ1v) is 2.15. The maximum Gasteiger partial charge on any atom is 0.0784 e. The number of hydrazine groups is 1. The second-order valence-electron chi connectivity index (χ2n) is 1.43. The van der Waals surface area contributed by atoms with Gasteiger partial charge in [0.25, 0.3) is 0 Å². The monoisotopic (exact) mass is 96.1 g/mol. The molecule has 3 nitrogen and oxygen atoms in total. The molecular weight excluding hydrogens is 90.1 g/mol. The van der Waals surface area contributed by atoms with Crippen molar-refractivity contribution in [2.45, 2.75) is 0 Å². The summed E-state index contributed by atoms with van der Waals surface area (Å²) in [4.78, 5) is 0. The van der Waals surface area contributed by atoms with E-state index in [-0.39, 0.29) is 5.92 Å². The molecule has 1 atom stereocenters. The summed E-state index contributed by atoms with van der Waals surface area (Å²) in [6.07, 6.45) is 0. The Hall–Kier alpha value is -0.590. The van der Waals surface area contributed by atoms with E-state index in [1.165, 1.54) is 0 Å². The highest BCUT2D eigenvalue weighted by molar-refractivity contribution is 4.95. The van der Waals surface area contributed by atoms with Gasteiger partial charge in [-0.1, -0.05) is 0 Å². The van der Waals surface area contributed by atoms with Gasteiger partial charge in [-0.15, -0.1) is 0 Å². The van der Waals surface area contributed by atoms with Crippen molar-refractivity contribution >= 4 is 0 Å². The molecule has 1 unspecified atom stereocenters. The average Bonchev–Trinajstić information content (AvgIpc) is 2.14. The number of hydrogen-bond donors (Lipinski definition) is 2. The van der Waals surface area contributed by atoms with Gasteiger partial charge >= 0.3 is 0 Å². The van der Waals surface area contributed by atoms with Crippen molar-refractivity contribution in [2.75, 3.05) is 6.54 Å². The van der Waals surface area contributed by atoms with E-state index in [0.29, 0.717) is 0 Å². The van der Waals surface area contributed by atoms with Crippen molar-refractivity contribution in [1.82, 2.24) is 10.9 Å². The topological polar surface area (TPSA) is 47.9 Å². The molecule has 0 aliphatic carbocycles.